The Labute approximate surface area is 84.5 Å². The number of likely N-dealkylation sites (tertiary alicyclic amines) is 1. The van der Waals surface area contributed by atoms with Crippen LogP contribution in [0.15, 0.2) is 0 Å². The zero-order valence-electron chi connectivity index (χ0n) is 9.30. The molecule has 0 spiro atoms. The molecule has 2 fully saturated rings. The number of alkyl halides is 2. The monoisotopic (exact) mass is 203 g/mol. The van der Waals surface area contributed by atoms with Crippen LogP contribution in [0.5, 0.6) is 0 Å². The Morgan fingerprint density at radius 3 is 2.21 bits per heavy atom. The van der Waals surface area contributed by atoms with Gasteiger partial charge in [0.25, 0.3) is 5.92 Å². The van der Waals surface area contributed by atoms with Gasteiger partial charge in [0.2, 0.25) is 0 Å². The molecular weight excluding hydrogens is 184 g/mol. The Bertz CT molecular complexity index is 235. The summed E-state index contributed by atoms with van der Waals surface area (Å²) in [6.45, 7) is 8.30. The molecule has 82 valence electrons. The van der Waals surface area contributed by atoms with Crippen LogP contribution in [0.25, 0.3) is 0 Å². The largest absolute Gasteiger partial charge is 0.289 e. The van der Waals surface area contributed by atoms with Crippen LogP contribution in [0.3, 0.4) is 0 Å². The summed E-state index contributed by atoms with van der Waals surface area (Å²) in [6.07, 6.45) is 0.688. The van der Waals surface area contributed by atoms with Gasteiger partial charge in [0.15, 0.2) is 0 Å². The summed E-state index contributed by atoms with van der Waals surface area (Å²) in [5.74, 6) is -2.26. The zero-order valence-corrected chi connectivity index (χ0v) is 9.30. The molecule has 1 saturated heterocycles. The lowest BCUT2D eigenvalue weighted by molar-refractivity contribution is 0.00863. The molecule has 0 aromatic heterocycles. The van der Waals surface area contributed by atoms with Crippen molar-refractivity contribution >= 4 is 0 Å². The van der Waals surface area contributed by atoms with Crippen LogP contribution in [0.2, 0.25) is 0 Å². The quantitative estimate of drug-likeness (QED) is 0.667. The standard InChI is InChI=1S/C11H19F2N/c1-6(2)9-5-8-10(11(8,12)13)14(9)7(3)4/h6-10H,5H2,1-4H3. The molecule has 1 nitrogen and oxygen atoms in total. The molecular formula is C11H19F2N. The van der Waals surface area contributed by atoms with Gasteiger partial charge < -0.3 is 0 Å². The molecule has 0 N–H and O–H groups in total. The minimum atomic E-state index is -2.39. The van der Waals surface area contributed by atoms with Crippen molar-refractivity contribution in [2.24, 2.45) is 11.8 Å². The predicted octanol–water partition coefficient (Wildman–Crippen LogP) is 2.76. The number of halogens is 2. The van der Waals surface area contributed by atoms with E-state index in [2.05, 4.69) is 13.8 Å². The molecule has 0 aromatic rings. The van der Waals surface area contributed by atoms with Gasteiger partial charge in [0, 0.05) is 18.0 Å². The van der Waals surface area contributed by atoms with Gasteiger partial charge in [-0.15, -0.1) is 0 Å². The third-order valence-corrected chi connectivity index (χ3v) is 3.73. The number of hydrogen-bond acceptors (Lipinski definition) is 1. The lowest BCUT2D eigenvalue weighted by Gasteiger charge is -2.34. The molecule has 14 heavy (non-hydrogen) atoms. The molecule has 3 atom stereocenters. The van der Waals surface area contributed by atoms with E-state index in [1.165, 1.54) is 0 Å². The summed E-state index contributed by atoms with van der Waals surface area (Å²) < 4.78 is 26.5. The van der Waals surface area contributed by atoms with Gasteiger partial charge in [-0.3, -0.25) is 4.90 Å². The van der Waals surface area contributed by atoms with Gasteiger partial charge in [0.1, 0.15) is 0 Å². The maximum Gasteiger partial charge on any atom is 0.268 e. The maximum atomic E-state index is 13.2. The van der Waals surface area contributed by atoms with E-state index in [0.29, 0.717) is 18.4 Å². The lowest BCUT2D eigenvalue weighted by Crippen LogP contribution is -2.44. The second kappa shape index (κ2) is 2.91. The van der Waals surface area contributed by atoms with Crippen LogP contribution in [-0.2, 0) is 0 Å². The minimum Gasteiger partial charge on any atom is -0.289 e. The topological polar surface area (TPSA) is 3.24 Å². The molecule has 2 aliphatic rings. The normalized spacial score (nSPS) is 40.7. The van der Waals surface area contributed by atoms with Crippen molar-refractivity contribution in [1.82, 2.24) is 4.90 Å². The van der Waals surface area contributed by atoms with Gasteiger partial charge in [0.05, 0.1) is 6.04 Å². The van der Waals surface area contributed by atoms with E-state index in [9.17, 15) is 8.78 Å². The van der Waals surface area contributed by atoms with Crippen molar-refractivity contribution in [2.75, 3.05) is 0 Å². The van der Waals surface area contributed by atoms with E-state index in [-0.39, 0.29) is 12.0 Å². The van der Waals surface area contributed by atoms with E-state index < -0.39 is 12.0 Å². The average molecular weight is 203 g/mol. The SMILES string of the molecule is CC(C)C1CC2C(N1C(C)C)C2(F)F. The Morgan fingerprint density at radius 1 is 1.21 bits per heavy atom. The smallest absolute Gasteiger partial charge is 0.268 e. The first-order valence-corrected chi connectivity index (χ1v) is 5.52. The minimum absolute atomic E-state index is 0.241. The van der Waals surface area contributed by atoms with Crippen LogP contribution >= 0.6 is 0 Å². The Balaban J connectivity index is 2.15. The third-order valence-electron chi connectivity index (χ3n) is 3.73. The van der Waals surface area contributed by atoms with Gasteiger partial charge >= 0.3 is 0 Å². The molecule has 1 heterocycles. The molecule has 2 rings (SSSR count). The highest BCUT2D eigenvalue weighted by molar-refractivity contribution is 5.20. The molecule has 3 unspecified atom stereocenters. The van der Waals surface area contributed by atoms with Crippen molar-refractivity contribution in [2.45, 2.75) is 58.2 Å². The van der Waals surface area contributed by atoms with E-state index >= 15 is 0 Å². The molecule has 1 aliphatic heterocycles. The Hall–Kier alpha value is -0.180. The summed E-state index contributed by atoms with van der Waals surface area (Å²) >= 11 is 0. The highest BCUT2D eigenvalue weighted by atomic mass is 19.3. The first-order valence-electron chi connectivity index (χ1n) is 5.52. The number of rotatable bonds is 2. The summed E-state index contributed by atoms with van der Waals surface area (Å²) in [4.78, 5) is 2.04. The molecule has 1 aliphatic carbocycles. The Morgan fingerprint density at radius 2 is 1.79 bits per heavy atom. The van der Waals surface area contributed by atoms with Crippen molar-refractivity contribution in [3.63, 3.8) is 0 Å². The lowest BCUT2D eigenvalue weighted by atomic mass is 9.98. The molecule has 0 radical (unpaired) electrons. The highest BCUT2D eigenvalue weighted by Crippen LogP contribution is 2.61. The summed E-state index contributed by atoms with van der Waals surface area (Å²) in [5.41, 5.74) is 0. The number of nitrogens with zero attached hydrogens (tertiary/aromatic N) is 1. The first kappa shape index (κ1) is 10.3. The molecule has 1 saturated carbocycles. The molecule has 0 bridgehead atoms. The maximum absolute atomic E-state index is 13.2. The fraction of sp³-hybridized carbons (Fsp3) is 1.00. The van der Waals surface area contributed by atoms with Crippen LogP contribution in [0.1, 0.15) is 34.1 Å². The van der Waals surface area contributed by atoms with Crippen LogP contribution in [0.4, 0.5) is 8.78 Å². The van der Waals surface area contributed by atoms with Gasteiger partial charge in [-0.1, -0.05) is 13.8 Å². The van der Waals surface area contributed by atoms with Crippen LogP contribution in [-0.4, -0.2) is 28.9 Å². The van der Waals surface area contributed by atoms with Crippen molar-refractivity contribution in [3.8, 4) is 0 Å². The number of fused-ring (bicyclic) bond motifs is 1. The highest BCUT2D eigenvalue weighted by Gasteiger charge is 2.75. The first-order chi connectivity index (χ1) is 6.37. The van der Waals surface area contributed by atoms with E-state index in [4.69, 9.17) is 0 Å². The van der Waals surface area contributed by atoms with Gasteiger partial charge in [-0.2, -0.15) is 0 Å². The van der Waals surface area contributed by atoms with E-state index in [1.54, 1.807) is 0 Å². The van der Waals surface area contributed by atoms with Crippen molar-refractivity contribution in [3.05, 3.63) is 0 Å². The van der Waals surface area contributed by atoms with Crippen molar-refractivity contribution < 1.29 is 8.78 Å². The molecule has 3 heteroatoms. The summed E-state index contributed by atoms with van der Waals surface area (Å²) in [7, 11) is 0. The number of piperidine rings is 1. The van der Waals surface area contributed by atoms with Crippen LogP contribution in [0, 0.1) is 11.8 Å². The molecule has 0 aromatic carbocycles. The predicted molar refractivity (Wildman–Crippen MR) is 52.4 cm³/mol. The zero-order chi connectivity index (χ0) is 10.7. The summed E-state index contributed by atoms with van der Waals surface area (Å²) in [6, 6.07) is 0.158. The van der Waals surface area contributed by atoms with Gasteiger partial charge in [-0.25, -0.2) is 8.78 Å². The fourth-order valence-electron chi connectivity index (χ4n) is 2.97. The van der Waals surface area contributed by atoms with Crippen molar-refractivity contribution in [1.29, 1.82) is 0 Å². The summed E-state index contributed by atoms with van der Waals surface area (Å²) in [5, 5.41) is 0. The Kier molecular flexibility index (Phi) is 2.15. The second-order valence-corrected chi connectivity index (χ2v) is 5.31. The van der Waals surface area contributed by atoms with Gasteiger partial charge in [-0.05, 0) is 26.2 Å². The third kappa shape index (κ3) is 1.21. The van der Waals surface area contributed by atoms with E-state index in [0.717, 1.165) is 0 Å². The fourth-order valence-corrected chi connectivity index (χ4v) is 2.97. The average Bonchev–Trinajstić information content (AvgIpc) is 2.47. The molecule has 0 amide bonds. The van der Waals surface area contributed by atoms with Crippen LogP contribution < -0.4 is 0 Å². The second-order valence-electron chi connectivity index (χ2n) is 5.31. The number of hydrogen-bond donors (Lipinski definition) is 0. The van der Waals surface area contributed by atoms with E-state index in [1.807, 2.05) is 18.7 Å².